The van der Waals surface area contributed by atoms with Crippen molar-refractivity contribution in [3.05, 3.63) is 65.9 Å². The lowest BCUT2D eigenvalue weighted by Gasteiger charge is -2.13. The van der Waals surface area contributed by atoms with E-state index in [4.69, 9.17) is 4.74 Å². The fourth-order valence-electron chi connectivity index (χ4n) is 3.40. The van der Waals surface area contributed by atoms with Gasteiger partial charge in [0.25, 0.3) is 0 Å². The van der Waals surface area contributed by atoms with Gasteiger partial charge in [0, 0.05) is 24.4 Å². The van der Waals surface area contributed by atoms with Crippen LogP contribution in [0, 0.1) is 6.92 Å². The molecule has 3 aromatic rings. The van der Waals surface area contributed by atoms with Gasteiger partial charge in [0.05, 0.1) is 16.3 Å². The highest BCUT2D eigenvalue weighted by Crippen LogP contribution is 2.39. The number of para-hydroxylation sites is 1. The Bertz CT molecular complexity index is 1110. The number of nitrogens with zero attached hydrogens (tertiary/aromatic N) is 1. The Morgan fingerprint density at radius 2 is 1.64 bits per heavy atom. The lowest BCUT2D eigenvalue weighted by molar-refractivity contribution is -0.131. The molecular weight excluding hydrogens is 374 g/mol. The van der Waals surface area contributed by atoms with Crippen molar-refractivity contribution in [1.29, 1.82) is 0 Å². The van der Waals surface area contributed by atoms with Gasteiger partial charge in [-0.15, -0.1) is 0 Å². The number of carbonyl (C=O) groups is 1. The zero-order valence-electron chi connectivity index (χ0n) is 16.4. The molecule has 0 bridgehead atoms. The third-order valence-corrected chi connectivity index (χ3v) is 5.75. The van der Waals surface area contributed by atoms with Gasteiger partial charge in [0.2, 0.25) is 0 Å². The molecule has 6 heteroatoms. The molecule has 0 N–H and O–H groups in total. The monoisotopic (exact) mass is 397 g/mol. The molecule has 0 atom stereocenters. The summed E-state index contributed by atoms with van der Waals surface area (Å²) in [6, 6.07) is 16.6. The van der Waals surface area contributed by atoms with Gasteiger partial charge < -0.3 is 9.30 Å². The second kappa shape index (κ2) is 7.64. The Kier molecular flexibility index (Phi) is 5.42. The molecule has 0 aliphatic carbocycles. The first-order chi connectivity index (χ1) is 13.2. The van der Waals surface area contributed by atoms with Crippen molar-refractivity contribution in [3.8, 4) is 22.7 Å². The maximum Gasteiger partial charge on any atom is 0.308 e. The number of aromatic nitrogens is 1. The van der Waals surface area contributed by atoms with Crippen molar-refractivity contribution in [1.82, 2.24) is 4.57 Å². The number of esters is 1. The van der Waals surface area contributed by atoms with Gasteiger partial charge in [-0.05, 0) is 43.2 Å². The van der Waals surface area contributed by atoms with Crippen LogP contribution in [-0.2, 0) is 21.1 Å². The maximum atomic E-state index is 11.8. The SMILES string of the molecule is CCc1c(OC(C)=O)c(C)n(-c2ccccc2)c1-c1ccc(S(C)(=O)=O)cc1. The molecule has 0 amide bonds. The average molecular weight is 397 g/mol. The molecule has 5 nitrogen and oxygen atoms in total. The van der Waals surface area contributed by atoms with Crippen LogP contribution in [0.25, 0.3) is 16.9 Å². The van der Waals surface area contributed by atoms with Crippen LogP contribution in [0.15, 0.2) is 59.5 Å². The first-order valence-electron chi connectivity index (χ1n) is 9.02. The fourth-order valence-corrected chi connectivity index (χ4v) is 4.03. The maximum absolute atomic E-state index is 11.8. The van der Waals surface area contributed by atoms with Crippen LogP contribution in [0.3, 0.4) is 0 Å². The number of hydrogen-bond donors (Lipinski definition) is 0. The van der Waals surface area contributed by atoms with Crippen LogP contribution < -0.4 is 4.74 Å². The molecule has 1 aromatic heterocycles. The summed E-state index contributed by atoms with van der Waals surface area (Å²) < 4.78 is 31.2. The van der Waals surface area contributed by atoms with E-state index in [1.807, 2.05) is 48.7 Å². The van der Waals surface area contributed by atoms with Crippen molar-refractivity contribution in [2.75, 3.05) is 6.26 Å². The third kappa shape index (κ3) is 3.73. The van der Waals surface area contributed by atoms with Crippen molar-refractivity contribution in [3.63, 3.8) is 0 Å². The summed E-state index contributed by atoms with van der Waals surface area (Å²) in [5.41, 5.74) is 4.41. The molecule has 0 aliphatic rings. The smallest absolute Gasteiger partial charge is 0.308 e. The molecule has 0 aliphatic heterocycles. The summed E-state index contributed by atoms with van der Waals surface area (Å²) in [5.74, 6) is 0.183. The van der Waals surface area contributed by atoms with Crippen molar-refractivity contribution >= 4 is 15.8 Å². The van der Waals surface area contributed by atoms with Gasteiger partial charge in [-0.1, -0.05) is 37.3 Å². The quantitative estimate of drug-likeness (QED) is 0.601. The first kappa shape index (κ1) is 19.9. The second-order valence-corrected chi connectivity index (χ2v) is 8.67. The molecule has 3 rings (SSSR count). The Hall–Kier alpha value is -2.86. The van der Waals surface area contributed by atoms with E-state index in [1.54, 1.807) is 24.3 Å². The predicted octanol–water partition coefficient (Wildman–Crippen LogP) is 4.34. The molecule has 1 heterocycles. The third-order valence-electron chi connectivity index (χ3n) is 4.62. The molecule has 0 saturated carbocycles. The van der Waals surface area contributed by atoms with Gasteiger partial charge >= 0.3 is 5.97 Å². The minimum atomic E-state index is -3.27. The fraction of sp³-hybridized carbons (Fsp3) is 0.227. The van der Waals surface area contributed by atoms with E-state index in [0.717, 1.165) is 28.2 Å². The predicted molar refractivity (Wildman–Crippen MR) is 110 cm³/mol. The number of sulfone groups is 1. The van der Waals surface area contributed by atoms with E-state index < -0.39 is 9.84 Å². The lowest BCUT2D eigenvalue weighted by atomic mass is 10.1. The standard InChI is InChI=1S/C22H23NO4S/c1-5-20-21(17-11-13-19(14-12-17)28(4,25)26)23(18-9-7-6-8-10-18)15(2)22(20)27-16(3)24/h6-14H,5H2,1-4H3. The molecule has 2 aromatic carbocycles. The first-order valence-corrected chi connectivity index (χ1v) is 10.9. The summed E-state index contributed by atoms with van der Waals surface area (Å²) in [4.78, 5) is 12.0. The number of carbonyl (C=O) groups excluding carboxylic acids is 1. The van der Waals surface area contributed by atoms with Gasteiger partial charge in [0.15, 0.2) is 15.6 Å². The van der Waals surface area contributed by atoms with E-state index in [-0.39, 0.29) is 10.9 Å². The van der Waals surface area contributed by atoms with Crippen LogP contribution >= 0.6 is 0 Å². The van der Waals surface area contributed by atoms with Gasteiger partial charge in [-0.3, -0.25) is 4.79 Å². The molecule has 28 heavy (non-hydrogen) atoms. The summed E-state index contributed by atoms with van der Waals surface area (Å²) >= 11 is 0. The average Bonchev–Trinajstić information content (AvgIpc) is 2.93. The molecule has 0 saturated heterocycles. The minimum Gasteiger partial charge on any atom is -0.424 e. The Morgan fingerprint density at radius 3 is 2.14 bits per heavy atom. The van der Waals surface area contributed by atoms with E-state index in [1.165, 1.54) is 13.2 Å². The van der Waals surface area contributed by atoms with E-state index >= 15 is 0 Å². The van der Waals surface area contributed by atoms with E-state index in [0.29, 0.717) is 12.2 Å². The molecule has 0 radical (unpaired) electrons. The zero-order chi connectivity index (χ0) is 20.5. The van der Waals surface area contributed by atoms with Gasteiger partial charge in [-0.25, -0.2) is 8.42 Å². The van der Waals surface area contributed by atoms with E-state index in [9.17, 15) is 13.2 Å². The zero-order valence-corrected chi connectivity index (χ0v) is 17.2. The molecule has 0 unspecified atom stereocenters. The highest BCUT2D eigenvalue weighted by molar-refractivity contribution is 7.90. The summed E-state index contributed by atoms with van der Waals surface area (Å²) in [7, 11) is -3.27. The lowest BCUT2D eigenvalue weighted by Crippen LogP contribution is -2.04. The molecule has 146 valence electrons. The number of rotatable bonds is 5. The molecule has 0 spiro atoms. The summed E-state index contributed by atoms with van der Waals surface area (Å²) in [6.07, 6.45) is 1.85. The van der Waals surface area contributed by atoms with Gasteiger partial charge in [-0.2, -0.15) is 0 Å². The highest BCUT2D eigenvalue weighted by atomic mass is 32.2. The van der Waals surface area contributed by atoms with Crippen LogP contribution in [0.2, 0.25) is 0 Å². The number of benzene rings is 2. The van der Waals surface area contributed by atoms with Crippen LogP contribution in [0.1, 0.15) is 25.1 Å². The van der Waals surface area contributed by atoms with Crippen LogP contribution in [-0.4, -0.2) is 25.2 Å². The summed E-state index contributed by atoms with van der Waals surface area (Å²) in [6.45, 7) is 5.31. The second-order valence-electron chi connectivity index (χ2n) is 6.66. The van der Waals surface area contributed by atoms with Crippen LogP contribution in [0.4, 0.5) is 0 Å². The minimum absolute atomic E-state index is 0.268. The van der Waals surface area contributed by atoms with Crippen molar-refractivity contribution in [2.45, 2.75) is 32.1 Å². The van der Waals surface area contributed by atoms with Crippen molar-refractivity contribution < 1.29 is 17.9 Å². The topological polar surface area (TPSA) is 65.4 Å². The number of hydrogen-bond acceptors (Lipinski definition) is 4. The Labute approximate surface area is 165 Å². The highest BCUT2D eigenvalue weighted by Gasteiger charge is 2.24. The Morgan fingerprint density at radius 1 is 1.04 bits per heavy atom. The normalized spacial score (nSPS) is 11.4. The van der Waals surface area contributed by atoms with Gasteiger partial charge in [0.1, 0.15) is 0 Å². The molecular formula is C22H23NO4S. The van der Waals surface area contributed by atoms with E-state index in [2.05, 4.69) is 0 Å². The number of ether oxygens (including phenoxy) is 1. The summed E-state index contributed by atoms with van der Waals surface area (Å²) in [5, 5.41) is 0. The molecule has 0 fully saturated rings. The largest absolute Gasteiger partial charge is 0.424 e. The van der Waals surface area contributed by atoms with Crippen LogP contribution in [0.5, 0.6) is 5.75 Å². The Balaban J connectivity index is 2.30. The van der Waals surface area contributed by atoms with Crippen molar-refractivity contribution in [2.24, 2.45) is 0 Å².